The molecular weight excluding hydrogens is 370 g/mol. The summed E-state index contributed by atoms with van der Waals surface area (Å²) in [5.74, 6) is 0.402. The Balaban J connectivity index is 1.54. The Morgan fingerprint density at radius 3 is 2.29 bits per heavy atom. The lowest BCUT2D eigenvalue weighted by Gasteiger charge is -2.37. The summed E-state index contributed by atoms with van der Waals surface area (Å²) < 4.78 is 0.911. The summed E-state index contributed by atoms with van der Waals surface area (Å²) in [5.41, 5.74) is 0.702. The van der Waals surface area contributed by atoms with Crippen LogP contribution in [0.2, 0.25) is 0 Å². The van der Waals surface area contributed by atoms with E-state index in [-0.39, 0.29) is 17.7 Å². The van der Waals surface area contributed by atoms with Gasteiger partial charge in [0.05, 0.1) is 0 Å². The summed E-state index contributed by atoms with van der Waals surface area (Å²) in [6.45, 7) is 4.88. The maximum absolute atomic E-state index is 12.6. The Morgan fingerprint density at radius 2 is 1.67 bits per heavy atom. The molecule has 6 heteroatoms. The fourth-order valence-electron chi connectivity index (χ4n) is 3.42. The van der Waals surface area contributed by atoms with E-state index in [1.165, 1.54) is 0 Å². The molecule has 130 valence electrons. The van der Waals surface area contributed by atoms with Gasteiger partial charge in [0.15, 0.2) is 0 Å². The minimum atomic E-state index is 0.0572. The Bertz CT molecular complexity index is 606. The summed E-state index contributed by atoms with van der Waals surface area (Å²) in [7, 11) is 2.09. The molecule has 2 aliphatic rings. The lowest BCUT2D eigenvalue weighted by atomic mass is 9.94. The Labute approximate surface area is 151 Å². The predicted molar refractivity (Wildman–Crippen MR) is 96.8 cm³/mol. The van der Waals surface area contributed by atoms with Crippen molar-refractivity contribution in [3.05, 3.63) is 34.3 Å². The predicted octanol–water partition coefficient (Wildman–Crippen LogP) is 2.08. The van der Waals surface area contributed by atoms with Crippen LogP contribution in [0, 0.1) is 5.92 Å². The van der Waals surface area contributed by atoms with Gasteiger partial charge in [-0.05, 0) is 38.1 Å². The van der Waals surface area contributed by atoms with Gasteiger partial charge in [-0.2, -0.15) is 0 Å². The van der Waals surface area contributed by atoms with Crippen molar-refractivity contribution in [2.75, 3.05) is 46.3 Å². The van der Waals surface area contributed by atoms with Gasteiger partial charge in [0, 0.05) is 55.2 Å². The first-order valence-corrected chi connectivity index (χ1v) is 9.36. The topological polar surface area (TPSA) is 43.9 Å². The number of hydrogen-bond donors (Lipinski definition) is 0. The van der Waals surface area contributed by atoms with Gasteiger partial charge in [-0.25, -0.2) is 0 Å². The Kier molecular flexibility index (Phi) is 5.56. The SMILES string of the molecule is CN1CCN(C(=O)C2CCN(C(=O)c3cccc(Br)c3)CC2)CC1. The highest BCUT2D eigenvalue weighted by Crippen LogP contribution is 2.22. The average Bonchev–Trinajstić information content (AvgIpc) is 2.61. The standard InChI is InChI=1S/C18H24BrN3O2/c1-20-9-11-22(12-10-20)17(23)14-5-7-21(8-6-14)18(24)15-3-2-4-16(19)13-15/h2-4,13-14H,5-12H2,1H3. The van der Waals surface area contributed by atoms with Gasteiger partial charge in [0.25, 0.3) is 5.91 Å². The first-order chi connectivity index (χ1) is 11.5. The highest BCUT2D eigenvalue weighted by atomic mass is 79.9. The van der Waals surface area contributed by atoms with Gasteiger partial charge in [-0.15, -0.1) is 0 Å². The third kappa shape index (κ3) is 3.98. The molecule has 1 aromatic carbocycles. The molecule has 2 heterocycles. The zero-order valence-electron chi connectivity index (χ0n) is 14.1. The molecule has 3 rings (SSSR count). The number of carbonyl (C=O) groups is 2. The van der Waals surface area contributed by atoms with Crippen molar-refractivity contribution >= 4 is 27.7 Å². The summed E-state index contributed by atoms with van der Waals surface area (Å²) in [5, 5.41) is 0. The Morgan fingerprint density at radius 1 is 1.00 bits per heavy atom. The van der Waals surface area contributed by atoms with Crippen LogP contribution in [0.25, 0.3) is 0 Å². The molecule has 2 aliphatic heterocycles. The van der Waals surface area contributed by atoms with E-state index in [9.17, 15) is 9.59 Å². The number of benzene rings is 1. The number of piperidine rings is 1. The quantitative estimate of drug-likeness (QED) is 0.772. The van der Waals surface area contributed by atoms with Crippen LogP contribution in [0.1, 0.15) is 23.2 Å². The number of amides is 2. The van der Waals surface area contributed by atoms with Gasteiger partial charge in [0.2, 0.25) is 5.91 Å². The average molecular weight is 394 g/mol. The molecule has 0 atom stereocenters. The van der Waals surface area contributed by atoms with Gasteiger partial charge < -0.3 is 14.7 Å². The number of likely N-dealkylation sites (tertiary alicyclic amines) is 1. The third-order valence-corrected chi connectivity index (χ3v) is 5.51. The molecular formula is C18H24BrN3O2. The van der Waals surface area contributed by atoms with Gasteiger partial charge in [0.1, 0.15) is 0 Å². The number of piperazine rings is 1. The fourth-order valence-corrected chi connectivity index (χ4v) is 3.82. The molecule has 24 heavy (non-hydrogen) atoms. The number of hydrogen-bond acceptors (Lipinski definition) is 3. The van der Waals surface area contributed by atoms with Gasteiger partial charge >= 0.3 is 0 Å². The summed E-state index contributed by atoms with van der Waals surface area (Å²) in [6, 6.07) is 7.48. The van der Waals surface area contributed by atoms with Gasteiger partial charge in [-0.1, -0.05) is 22.0 Å². The second kappa shape index (κ2) is 7.66. The largest absolute Gasteiger partial charge is 0.340 e. The van der Waals surface area contributed by atoms with Crippen molar-refractivity contribution in [1.29, 1.82) is 0 Å². The van der Waals surface area contributed by atoms with Crippen molar-refractivity contribution in [3.8, 4) is 0 Å². The smallest absolute Gasteiger partial charge is 0.253 e. The Hall–Kier alpha value is -1.40. The molecule has 2 saturated heterocycles. The summed E-state index contributed by atoms with van der Waals surface area (Å²) in [6.07, 6.45) is 1.54. The van der Waals surface area contributed by atoms with Crippen LogP contribution in [0.15, 0.2) is 28.7 Å². The number of likely N-dealkylation sites (N-methyl/N-ethyl adjacent to an activating group) is 1. The number of halogens is 1. The normalized spacial score (nSPS) is 20.2. The summed E-state index contributed by atoms with van der Waals surface area (Å²) >= 11 is 3.41. The molecule has 0 spiro atoms. The second-order valence-electron chi connectivity index (χ2n) is 6.71. The molecule has 0 N–H and O–H groups in total. The third-order valence-electron chi connectivity index (χ3n) is 5.02. The van der Waals surface area contributed by atoms with Crippen LogP contribution in [0.4, 0.5) is 0 Å². The van der Waals surface area contributed by atoms with Crippen molar-refractivity contribution < 1.29 is 9.59 Å². The molecule has 0 aromatic heterocycles. The minimum absolute atomic E-state index is 0.0572. The lowest BCUT2D eigenvalue weighted by molar-refractivity contribution is -0.138. The lowest BCUT2D eigenvalue weighted by Crippen LogP contribution is -2.51. The van der Waals surface area contributed by atoms with Crippen molar-refractivity contribution in [2.45, 2.75) is 12.8 Å². The van der Waals surface area contributed by atoms with Crippen LogP contribution in [0.5, 0.6) is 0 Å². The second-order valence-corrected chi connectivity index (χ2v) is 7.62. The van der Waals surface area contributed by atoms with Crippen LogP contribution >= 0.6 is 15.9 Å². The monoisotopic (exact) mass is 393 g/mol. The molecule has 0 unspecified atom stereocenters. The fraction of sp³-hybridized carbons (Fsp3) is 0.556. The van der Waals surface area contributed by atoms with Crippen LogP contribution in [0.3, 0.4) is 0 Å². The molecule has 0 radical (unpaired) electrons. The van der Waals surface area contributed by atoms with Crippen molar-refractivity contribution in [1.82, 2.24) is 14.7 Å². The zero-order valence-corrected chi connectivity index (χ0v) is 15.7. The van der Waals surface area contributed by atoms with Crippen LogP contribution < -0.4 is 0 Å². The van der Waals surface area contributed by atoms with E-state index in [0.29, 0.717) is 18.7 Å². The molecule has 1 aromatic rings. The van der Waals surface area contributed by atoms with E-state index in [0.717, 1.165) is 43.5 Å². The highest BCUT2D eigenvalue weighted by Gasteiger charge is 2.31. The first-order valence-electron chi connectivity index (χ1n) is 8.57. The maximum Gasteiger partial charge on any atom is 0.253 e. The molecule has 2 amide bonds. The van der Waals surface area contributed by atoms with Crippen molar-refractivity contribution in [3.63, 3.8) is 0 Å². The highest BCUT2D eigenvalue weighted by molar-refractivity contribution is 9.10. The van der Waals surface area contributed by atoms with Crippen molar-refractivity contribution in [2.24, 2.45) is 5.92 Å². The molecule has 5 nitrogen and oxygen atoms in total. The minimum Gasteiger partial charge on any atom is -0.340 e. The van der Waals surface area contributed by atoms with Crippen LogP contribution in [-0.2, 0) is 4.79 Å². The first kappa shape index (κ1) is 17.4. The number of nitrogens with zero attached hydrogens (tertiary/aromatic N) is 3. The van der Waals surface area contributed by atoms with Crippen LogP contribution in [-0.4, -0.2) is 72.8 Å². The van der Waals surface area contributed by atoms with E-state index in [1.807, 2.05) is 34.1 Å². The van der Waals surface area contributed by atoms with E-state index >= 15 is 0 Å². The zero-order chi connectivity index (χ0) is 17.1. The summed E-state index contributed by atoms with van der Waals surface area (Å²) in [4.78, 5) is 31.3. The van der Waals surface area contributed by atoms with E-state index in [2.05, 4.69) is 27.9 Å². The molecule has 0 aliphatic carbocycles. The van der Waals surface area contributed by atoms with E-state index < -0.39 is 0 Å². The van der Waals surface area contributed by atoms with E-state index in [1.54, 1.807) is 0 Å². The number of rotatable bonds is 2. The number of carbonyl (C=O) groups excluding carboxylic acids is 2. The molecule has 0 saturated carbocycles. The molecule has 2 fully saturated rings. The maximum atomic E-state index is 12.6. The van der Waals surface area contributed by atoms with Gasteiger partial charge in [-0.3, -0.25) is 9.59 Å². The van der Waals surface area contributed by atoms with E-state index in [4.69, 9.17) is 0 Å². The molecule has 0 bridgehead atoms.